The molecule has 0 aromatic heterocycles. The Morgan fingerprint density at radius 1 is 1.16 bits per heavy atom. The molecule has 1 aliphatic rings. The molecule has 1 aromatic rings. The molecule has 3 nitrogen and oxygen atoms in total. The largest absolute Gasteiger partial charge is 0.508 e. The topological polar surface area (TPSA) is 43.7 Å². The quantitative estimate of drug-likeness (QED) is 0.878. The van der Waals surface area contributed by atoms with Crippen LogP contribution >= 0.6 is 0 Å². The van der Waals surface area contributed by atoms with Gasteiger partial charge in [-0.05, 0) is 50.9 Å². The van der Waals surface area contributed by atoms with Crippen molar-refractivity contribution in [2.45, 2.75) is 51.7 Å². The third-order valence-electron chi connectivity index (χ3n) is 4.23. The SMILES string of the molecule is Cc1cc(O)c(CN(C)CC2(O)CCCC2)cc1C. The second kappa shape index (κ2) is 5.51. The summed E-state index contributed by atoms with van der Waals surface area (Å²) in [7, 11) is 2.00. The van der Waals surface area contributed by atoms with Gasteiger partial charge in [0.05, 0.1) is 5.60 Å². The molecule has 0 heterocycles. The maximum absolute atomic E-state index is 10.4. The molecule has 2 N–H and O–H groups in total. The summed E-state index contributed by atoms with van der Waals surface area (Å²) in [5, 5.41) is 20.4. The number of aliphatic hydroxyl groups is 1. The van der Waals surface area contributed by atoms with Crippen molar-refractivity contribution in [2.75, 3.05) is 13.6 Å². The summed E-state index contributed by atoms with van der Waals surface area (Å²) in [6, 6.07) is 3.86. The Balaban J connectivity index is 2.02. The number of hydrogen-bond donors (Lipinski definition) is 2. The fraction of sp³-hybridized carbons (Fsp3) is 0.625. The number of phenolic OH excluding ortho intramolecular Hbond substituents is 1. The van der Waals surface area contributed by atoms with E-state index in [2.05, 4.69) is 11.8 Å². The van der Waals surface area contributed by atoms with E-state index in [1.807, 2.05) is 26.1 Å². The van der Waals surface area contributed by atoms with E-state index in [1.165, 1.54) is 5.56 Å². The van der Waals surface area contributed by atoms with Crippen molar-refractivity contribution in [3.63, 3.8) is 0 Å². The predicted molar refractivity (Wildman–Crippen MR) is 77.3 cm³/mol. The normalized spacial score (nSPS) is 18.2. The van der Waals surface area contributed by atoms with Gasteiger partial charge >= 0.3 is 0 Å². The van der Waals surface area contributed by atoms with Crippen LogP contribution in [-0.2, 0) is 6.54 Å². The van der Waals surface area contributed by atoms with Gasteiger partial charge in [-0.3, -0.25) is 4.90 Å². The van der Waals surface area contributed by atoms with E-state index in [0.29, 0.717) is 18.8 Å². The van der Waals surface area contributed by atoms with Crippen molar-refractivity contribution in [1.82, 2.24) is 4.90 Å². The van der Waals surface area contributed by atoms with Crippen molar-refractivity contribution in [2.24, 2.45) is 0 Å². The first-order valence-corrected chi connectivity index (χ1v) is 7.10. The third kappa shape index (κ3) is 3.48. The third-order valence-corrected chi connectivity index (χ3v) is 4.23. The van der Waals surface area contributed by atoms with Crippen molar-refractivity contribution in [3.8, 4) is 5.75 Å². The molecule has 106 valence electrons. The minimum atomic E-state index is -0.524. The van der Waals surface area contributed by atoms with Crippen LogP contribution in [0.4, 0.5) is 0 Å². The minimum absolute atomic E-state index is 0.355. The highest BCUT2D eigenvalue weighted by Gasteiger charge is 2.32. The van der Waals surface area contributed by atoms with Gasteiger partial charge in [0.15, 0.2) is 0 Å². The summed E-state index contributed by atoms with van der Waals surface area (Å²) >= 11 is 0. The Morgan fingerprint density at radius 3 is 2.37 bits per heavy atom. The second-order valence-corrected chi connectivity index (χ2v) is 6.17. The Hall–Kier alpha value is -1.06. The average Bonchev–Trinajstić information content (AvgIpc) is 2.72. The van der Waals surface area contributed by atoms with Crippen LogP contribution in [0.1, 0.15) is 42.4 Å². The Kier molecular flexibility index (Phi) is 4.16. The van der Waals surface area contributed by atoms with Gasteiger partial charge in [0, 0.05) is 18.7 Å². The number of hydrogen-bond acceptors (Lipinski definition) is 3. The van der Waals surface area contributed by atoms with Gasteiger partial charge in [0.25, 0.3) is 0 Å². The zero-order valence-electron chi connectivity index (χ0n) is 12.2. The zero-order chi connectivity index (χ0) is 14.0. The highest BCUT2D eigenvalue weighted by molar-refractivity contribution is 5.40. The predicted octanol–water partition coefficient (Wildman–Crippen LogP) is 2.75. The molecule has 0 unspecified atom stereocenters. The molecule has 0 aliphatic heterocycles. The van der Waals surface area contributed by atoms with E-state index in [-0.39, 0.29) is 0 Å². The summed E-state index contributed by atoms with van der Waals surface area (Å²) in [6.07, 6.45) is 4.05. The smallest absolute Gasteiger partial charge is 0.120 e. The molecular formula is C16H25NO2. The lowest BCUT2D eigenvalue weighted by molar-refractivity contribution is 0.0144. The number of benzene rings is 1. The summed E-state index contributed by atoms with van der Waals surface area (Å²) in [6.45, 7) is 5.42. The molecule has 1 aliphatic carbocycles. The zero-order valence-corrected chi connectivity index (χ0v) is 12.2. The number of nitrogens with zero attached hydrogens (tertiary/aromatic N) is 1. The van der Waals surface area contributed by atoms with Crippen LogP contribution in [0.3, 0.4) is 0 Å². The van der Waals surface area contributed by atoms with Gasteiger partial charge in [-0.1, -0.05) is 18.9 Å². The number of aryl methyl sites for hydroxylation is 2. The van der Waals surface area contributed by atoms with E-state index in [9.17, 15) is 10.2 Å². The van der Waals surface area contributed by atoms with Crippen molar-refractivity contribution in [1.29, 1.82) is 0 Å². The Labute approximate surface area is 115 Å². The van der Waals surface area contributed by atoms with Crippen molar-refractivity contribution < 1.29 is 10.2 Å². The van der Waals surface area contributed by atoms with Gasteiger partial charge in [0.1, 0.15) is 5.75 Å². The lowest BCUT2D eigenvalue weighted by Gasteiger charge is -2.28. The van der Waals surface area contributed by atoms with E-state index < -0.39 is 5.60 Å². The maximum Gasteiger partial charge on any atom is 0.120 e. The van der Waals surface area contributed by atoms with E-state index >= 15 is 0 Å². The van der Waals surface area contributed by atoms with E-state index in [4.69, 9.17) is 0 Å². The molecule has 1 saturated carbocycles. The summed E-state index contributed by atoms with van der Waals surface area (Å²) < 4.78 is 0. The first-order chi connectivity index (χ1) is 8.89. The average molecular weight is 263 g/mol. The fourth-order valence-corrected chi connectivity index (χ4v) is 3.03. The molecular weight excluding hydrogens is 238 g/mol. The van der Waals surface area contributed by atoms with Crippen molar-refractivity contribution >= 4 is 0 Å². The monoisotopic (exact) mass is 263 g/mol. The van der Waals surface area contributed by atoms with Crippen LogP contribution in [0.15, 0.2) is 12.1 Å². The molecule has 0 atom stereocenters. The molecule has 0 amide bonds. The van der Waals surface area contributed by atoms with Crippen LogP contribution in [0.2, 0.25) is 0 Å². The molecule has 0 saturated heterocycles. The molecule has 19 heavy (non-hydrogen) atoms. The van der Waals surface area contributed by atoms with Crippen LogP contribution in [0.5, 0.6) is 5.75 Å². The Morgan fingerprint density at radius 2 is 1.74 bits per heavy atom. The van der Waals surface area contributed by atoms with Crippen LogP contribution in [0, 0.1) is 13.8 Å². The molecule has 0 bridgehead atoms. The molecule has 0 spiro atoms. The summed E-state index contributed by atoms with van der Waals surface area (Å²) in [4.78, 5) is 2.11. The van der Waals surface area contributed by atoms with Gasteiger partial charge in [-0.15, -0.1) is 0 Å². The lowest BCUT2D eigenvalue weighted by Crippen LogP contribution is -2.38. The lowest BCUT2D eigenvalue weighted by atomic mass is 10.0. The highest BCUT2D eigenvalue weighted by Crippen LogP contribution is 2.31. The first-order valence-electron chi connectivity index (χ1n) is 7.10. The maximum atomic E-state index is 10.4. The molecule has 1 aromatic carbocycles. The molecule has 1 fully saturated rings. The number of phenols is 1. The fourth-order valence-electron chi connectivity index (χ4n) is 3.03. The van der Waals surface area contributed by atoms with Gasteiger partial charge in [0.2, 0.25) is 0 Å². The van der Waals surface area contributed by atoms with Gasteiger partial charge < -0.3 is 10.2 Å². The second-order valence-electron chi connectivity index (χ2n) is 6.17. The number of rotatable bonds is 4. The van der Waals surface area contributed by atoms with E-state index in [0.717, 1.165) is 36.8 Å². The van der Waals surface area contributed by atoms with Crippen molar-refractivity contribution in [3.05, 3.63) is 28.8 Å². The molecule has 3 heteroatoms. The van der Waals surface area contributed by atoms with E-state index in [1.54, 1.807) is 0 Å². The van der Waals surface area contributed by atoms with Crippen LogP contribution in [-0.4, -0.2) is 34.3 Å². The van der Waals surface area contributed by atoms with Gasteiger partial charge in [-0.2, -0.15) is 0 Å². The summed E-state index contributed by atoms with van der Waals surface area (Å²) in [5.41, 5.74) is 2.72. The van der Waals surface area contributed by atoms with Gasteiger partial charge in [-0.25, -0.2) is 0 Å². The molecule has 0 radical (unpaired) electrons. The Bertz CT molecular complexity index is 450. The van der Waals surface area contributed by atoms with Crippen LogP contribution < -0.4 is 0 Å². The summed E-state index contributed by atoms with van der Waals surface area (Å²) in [5.74, 6) is 0.355. The first kappa shape index (κ1) is 14.4. The number of likely N-dealkylation sites (N-methyl/N-ethyl adjacent to an activating group) is 1. The van der Waals surface area contributed by atoms with Crippen LogP contribution in [0.25, 0.3) is 0 Å². The minimum Gasteiger partial charge on any atom is -0.508 e. The number of aromatic hydroxyl groups is 1. The highest BCUT2D eigenvalue weighted by atomic mass is 16.3. The molecule has 2 rings (SSSR count). The standard InChI is InChI=1S/C16H25NO2/c1-12-8-14(15(18)9-13(12)2)10-17(3)11-16(19)6-4-5-7-16/h8-9,18-19H,4-7,10-11H2,1-3H3.